The van der Waals surface area contributed by atoms with E-state index in [-0.39, 0.29) is 29.1 Å². The van der Waals surface area contributed by atoms with Gasteiger partial charge in [-0.3, -0.25) is 4.79 Å². The number of ether oxygens (including phenoxy) is 1. The molecule has 1 aliphatic rings. The van der Waals surface area contributed by atoms with Gasteiger partial charge < -0.3 is 9.64 Å². The molecule has 0 saturated carbocycles. The third kappa shape index (κ3) is 4.68. The Labute approximate surface area is 179 Å². The third-order valence-electron chi connectivity index (χ3n) is 5.71. The average Bonchev–Trinajstić information content (AvgIpc) is 2.78. The molecule has 1 aliphatic heterocycles. The highest BCUT2D eigenvalue weighted by Crippen LogP contribution is 2.30. The Morgan fingerprint density at radius 1 is 1.17 bits per heavy atom. The highest BCUT2D eigenvalue weighted by molar-refractivity contribution is 7.89. The SMILES string of the molecule is CCC1CCCCN1C(=O)c1ccc(OC)c(S(=O)(=O)N(C)Cc2ccccc2)c1. The molecule has 1 unspecified atom stereocenters. The summed E-state index contributed by atoms with van der Waals surface area (Å²) in [7, 11) is -0.877. The van der Waals surface area contributed by atoms with Gasteiger partial charge in [-0.1, -0.05) is 37.3 Å². The van der Waals surface area contributed by atoms with E-state index in [1.54, 1.807) is 12.1 Å². The first-order chi connectivity index (χ1) is 14.4. The van der Waals surface area contributed by atoms with E-state index in [4.69, 9.17) is 4.74 Å². The molecule has 0 radical (unpaired) electrons. The quantitative estimate of drug-likeness (QED) is 0.668. The maximum atomic E-state index is 13.3. The van der Waals surface area contributed by atoms with Crippen LogP contribution in [0.5, 0.6) is 5.75 Å². The first kappa shape index (κ1) is 22.3. The molecule has 0 aliphatic carbocycles. The molecule has 1 fully saturated rings. The zero-order valence-electron chi connectivity index (χ0n) is 17.9. The minimum Gasteiger partial charge on any atom is -0.495 e. The Bertz CT molecular complexity index is 976. The van der Waals surface area contributed by atoms with Crippen molar-refractivity contribution in [2.75, 3.05) is 20.7 Å². The first-order valence-electron chi connectivity index (χ1n) is 10.4. The van der Waals surface area contributed by atoms with Crippen molar-refractivity contribution in [1.29, 1.82) is 0 Å². The van der Waals surface area contributed by atoms with Crippen LogP contribution in [-0.4, -0.2) is 50.3 Å². The Morgan fingerprint density at radius 2 is 1.90 bits per heavy atom. The predicted molar refractivity (Wildman–Crippen MR) is 117 cm³/mol. The lowest BCUT2D eigenvalue weighted by Crippen LogP contribution is -2.43. The van der Waals surface area contributed by atoms with E-state index in [2.05, 4.69) is 6.92 Å². The summed E-state index contributed by atoms with van der Waals surface area (Å²) < 4.78 is 33.2. The van der Waals surface area contributed by atoms with Crippen LogP contribution >= 0.6 is 0 Å². The van der Waals surface area contributed by atoms with Gasteiger partial charge in [-0.05, 0) is 49.4 Å². The summed E-state index contributed by atoms with van der Waals surface area (Å²) in [4.78, 5) is 15.1. The molecule has 7 heteroatoms. The lowest BCUT2D eigenvalue weighted by molar-refractivity contribution is 0.0607. The van der Waals surface area contributed by atoms with Gasteiger partial charge in [0.1, 0.15) is 10.6 Å². The molecule has 0 aromatic heterocycles. The number of hydrogen-bond donors (Lipinski definition) is 0. The van der Waals surface area contributed by atoms with Crippen LogP contribution in [0.2, 0.25) is 0 Å². The van der Waals surface area contributed by atoms with Gasteiger partial charge in [-0.2, -0.15) is 4.31 Å². The summed E-state index contributed by atoms with van der Waals surface area (Å²) in [6, 6.07) is 14.3. The van der Waals surface area contributed by atoms with Crippen molar-refractivity contribution in [3.63, 3.8) is 0 Å². The van der Waals surface area contributed by atoms with E-state index in [0.717, 1.165) is 31.2 Å². The van der Waals surface area contributed by atoms with E-state index in [9.17, 15) is 13.2 Å². The molecule has 2 aromatic carbocycles. The Morgan fingerprint density at radius 3 is 2.57 bits per heavy atom. The fourth-order valence-electron chi connectivity index (χ4n) is 3.96. The number of carbonyl (C=O) groups is 1. The second-order valence-electron chi connectivity index (χ2n) is 7.67. The Balaban J connectivity index is 1.92. The van der Waals surface area contributed by atoms with Gasteiger partial charge in [0.2, 0.25) is 10.0 Å². The summed E-state index contributed by atoms with van der Waals surface area (Å²) in [6.07, 6.45) is 3.98. The number of methoxy groups -OCH3 is 1. The van der Waals surface area contributed by atoms with Crippen molar-refractivity contribution in [3.8, 4) is 5.75 Å². The van der Waals surface area contributed by atoms with Crippen molar-refractivity contribution in [2.24, 2.45) is 0 Å². The lowest BCUT2D eigenvalue weighted by atomic mass is 9.99. The number of piperidine rings is 1. The second-order valence-corrected chi connectivity index (χ2v) is 9.68. The largest absolute Gasteiger partial charge is 0.495 e. The van der Waals surface area contributed by atoms with E-state index >= 15 is 0 Å². The predicted octanol–water partition coefficient (Wildman–Crippen LogP) is 3.92. The first-order valence-corrected chi connectivity index (χ1v) is 11.8. The van der Waals surface area contributed by atoms with E-state index in [1.807, 2.05) is 35.2 Å². The molecular formula is C23H30N2O4S. The van der Waals surface area contributed by atoms with Crippen LogP contribution in [0.1, 0.15) is 48.5 Å². The fraction of sp³-hybridized carbons (Fsp3) is 0.435. The number of carbonyl (C=O) groups excluding carboxylic acids is 1. The van der Waals surface area contributed by atoms with E-state index in [1.165, 1.54) is 24.5 Å². The van der Waals surface area contributed by atoms with Crippen LogP contribution in [0.3, 0.4) is 0 Å². The van der Waals surface area contributed by atoms with Crippen LogP contribution in [0.15, 0.2) is 53.4 Å². The van der Waals surface area contributed by atoms with Crippen LogP contribution in [0, 0.1) is 0 Å². The fourth-order valence-corrected chi connectivity index (χ4v) is 5.30. The van der Waals surface area contributed by atoms with Crippen molar-refractivity contribution >= 4 is 15.9 Å². The summed E-state index contributed by atoms with van der Waals surface area (Å²) in [5, 5.41) is 0. The highest BCUT2D eigenvalue weighted by atomic mass is 32.2. The minimum absolute atomic E-state index is 0.0133. The number of nitrogens with zero attached hydrogens (tertiary/aromatic N) is 2. The van der Waals surface area contributed by atoms with Gasteiger partial charge in [0.15, 0.2) is 0 Å². The van der Waals surface area contributed by atoms with Crippen molar-refractivity contribution in [1.82, 2.24) is 9.21 Å². The molecule has 1 saturated heterocycles. The third-order valence-corrected chi connectivity index (χ3v) is 7.53. The van der Waals surface area contributed by atoms with Gasteiger partial charge in [0, 0.05) is 31.7 Å². The van der Waals surface area contributed by atoms with E-state index in [0.29, 0.717) is 12.1 Å². The van der Waals surface area contributed by atoms with Gasteiger partial charge in [-0.15, -0.1) is 0 Å². The molecule has 1 atom stereocenters. The summed E-state index contributed by atoms with van der Waals surface area (Å²) >= 11 is 0. The molecule has 2 aromatic rings. The molecule has 3 rings (SSSR count). The lowest BCUT2D eigenvalue weighted by Gasteiger charge is -2.35. The maximum Gasteiger partial charge on any atom is 0.254 e. The smallest absolute Gasteiger partial charge is 0.254 e. The molecule has 6 nitrogen and oxygen atoms in total. The monoisotopic (exact) mass is 430 g/mol. The Hall–Kier alpha value is -2.38. The second kappa shape index (κ2) is 9.62. The zero-order valence-corrected chi connectivity index (χ0v) is 18.7. The van der Waals surface area contributed by atoms with E-state index < -0.39 is 10.0 Å². The molecule has 30 heavy (non-hydrogen) atoms. The van der Waals surface area contributed by atoms with Crippen molar-refractivity contribution in [2.45, 2.75) is 50.1 Å². The number of benzene rings is 2. The average molecular weight is 431 g/mol. The van der Waals surface area contributed by atoms with Crippen molar-refractivity contribution in [3.05, 3.63) is 59.7 Å². The van der Waals surface area contributed by atoms with Crippen LogP contribution in [0.4, 0.5) is 0 Å². The van der Waals surface area contributed by atoms with Gasteiger partial charge in [0.05, 0.1) is 7.11 Å². The maximum absolute atomic E-state index is 13.3. The minimum atomic E-state index is -3.85. The number of amides is 1. The number of rotatable bonds is 7. The highest BCUT2D eigenvalue weighted by Gasteiger charge is 2.30. The normalized spacial score (nSPS) is 17.2. The molecule has 1 heterocycles. The van der Waals surface area contributed by atoms with Gasteiger partial charge in [-0.25, -0.2) is 8.42 Å². The molecule has 0 bridgehead atoms. The summed E-state index contributed by atoms with van der Waals surface area (Å²) in [5.41, 5.74) is 1.26. The zero-order chi connectivity index (χ0) is 21.7. The van der Waals surface area contributed by atoms with Gasteiger partial charge in [0.25, 0.3) is 5.91 Å². The van der Waals surface area contributed by atoms with Crippen LogP contribution < -0.4 is 4.74 Å². The molecular weight excluding hydrogens is 400 g/mol. The number of hydrogen-bond acceptors (Lipinski definition) is 4. The molecule has 1 amide bonds. The van der Waals surface area contributed by atoms with Crippen molar-refractivity contribution < 1.29 is 17.9 Å². The van der Waals surface area contributed by atoms with Gasteiger partial charge >= 0.3 is 0 Å². The molecule has 0 N–H and O–H groups in total. The topological polar surface area (TPSA) is 66.9 Å². The van der Waals surface area contributed by atoms with Crippen LogP contribution in [-0.2, 0) is 16.6 Å². The van der Waals surface area contributed by atoms with Crippen LogP contribution in [0.25, 0.3) is 0 Å². The summed E-state index contributed by atoms with van der Waals surface area (Å²) in [6.45, 7) is 3.02. The summed E-state index contributed by atoms with van der Waals surface area (Å²) in [5.74, 6) is 0.114. The number of sulfonamides is 1. The number of likely N-dealkylation sites (tertiary alicyclic amines) is 1. The Kier molecular flexibility index (Phi) is 7.15. The standard InChI is InChI=1S/C23H30N2O4S/c1-4-20-12-8-9-15-25(20)23(26)19-13-14-21(29-3)22(16-19)30(27,28)24(2)17-18-10-6-5-7-11-18/h5-7,10-11,13-14,16,20H,4,8-9,12,15,17H2,1-3H3. The molecule has 0 spiro atoms. The molecule has 162 valence electrons.